The van der Waals surface area contributed by atoms with E-state index in [0.29, 0.717) is 5.88 Å². The Labute approximate surface area is 113 Å². The van der Waals surface area contributed by atoms with Crippen molar-refractivity contribution < 1.29 is 4.74 Å². The number of nitrogens with one attached hydrogen (secondary N) is 1. The third-order valence-corrected chi connectivity index (χ3v) is 3.87. The molecule has 0 aliphatic carbocycles. The maximum atomic E-state index is 5.43. The fourth-order valence-electron chi connectivity index (χ4n) is 2.87. The molecule has 2 saturated heterocycles. The Hall–Kier alpha value is -0.940. The van der Waals surface area contributed by atoms with Crippen molar-refractivity contribution in [2.75, 3.05) is 31.1 Å². The Bertz CT molecular complexity index is 397. The molecule has 0 bridgehead atoms. The first-order valence-corrected chi connectivity index (χ1v) is 7.00. The van der Waals surface area contributed by atoms with Crippen molar-refractivity contribution in [1.29, 1.82) is 0 Å². The van der Waals surface area contributed by atoms with Gasteiger partial charge in [0.2, 0.25) is 5.88 Å². The van der Waals surface area contributed by atoms with Gasteiger partial charge in [0, 0.05) is 32.2 Å². The van der Waals surface area contributed by atoms with Gasteiger partial charge in [-0.25, -0.2) is 4.98 Å². The van der Waals surface area contributed by atoms with Gasteiger partial charge in [-0.15, -0.1) is 12.6 Å². The Morgan fingerprint density at radius 3 is 2.67 bits per heavy atom. The Balaban J connectivity index is 1.66. The molecular weight excluding hydrogens is 246 g/mol. The number of thiol groups is 1. The minimum Gasteiger partial charge on any atom is -0.464 e. The summed E-state index contributed by atoms with van der Waals surface area (Å²) in [6, 6.07) is 4.02. The van der Waals surface area contributed by atoms with Crippen LogP contribution in [-0.2, 0) is 0 Å². The highest BCUT2D eigenvalue weighted by atomic mass is 32.1. The first-order valence-electron chi connectivity index (χ1n) is 6.49. The van der Waals surface area contributed by atoms with E-state index >= 15 is 0 Å². The van der Waals surface area contributed by atoms with Gasteiger partial charge in [-0.05, 0) is 24.8 Å². The molecule has 3 unspecified atom stereocenters. The molecule has 0 aromatic carbocycles. The summed E-state index contributed by atoms with van der Waals surface area (Å²) in [6.45, 7) is 6.48. The molecule has 3 rings (SSSR count). The summed E-state index contributed by atoms with van der Waals surface area (Å²) in [5, 5.41) is 3.46. The van der Waals surface area contributed by atoms with Crippen LogP contribution in [0.1, 0.15) is 6.92 Å². The maximum Gasteiger partial charge on any atom is 0.214 e. The van der Waals surface area contributed by atoms with Crippen molar-refractivity contribution in [2.45, 2.75) is 12.4 Å². The highest BCUT2D eigenvalue weighted by Crippen LogP contribution is 2.30. The predicted octanol–water partition coefficient (Wildman–Crippen LogP) is 1.39. The van der Waals surface area contributed by atoms with Gasteiger partial charge in [0.1, 0.15) is 5.44 Å². The van der Waals surface area contributed by atoms with Crippen molar-refractivity contribution in [1.82, 2.24) is 10.3 Å². The van der Waals surface area contributed by atoms with E-state index in [9.17, 15) is 0 Å². The van der Waals surface area contributed by atoms with Crippen LogP contribution in [-0.4, -0.2) is 36.6 Å². The summed E-state index contributed by atoms with van der Waals surface area (Å²) in [5.41, 5.74) is 1.07. The number of rotatable bonds is 3. The lowest BCUT2D eigenvalue weighted by Gasteiger charge is -2.19. The molecule has 2 fully saturated rings. The van der Waals surface area contributed by atoms with Crippen molar-refractivity contribution in [3.05, 3.63) is 18.3 Å². The first-order chi connectivity index (χ1) is 8.72. The van der Waals surface area contributed by atoms with Gasteiger partial charge in [-0.3, -0.25) is 0 Å². The second-order valence-corrected chi connectivity index (χ2v) is 5.88. The number of ether oxygens (including phenoxy) is 1. The quantitative estimate of drug-likeness (QED) is 0.640. The molecule has 0 amide bonds. The fourth-order valence-corrected chi connectivity index (χ4v) is 2.98. The summed E-state index contributed by atoms with van der Waals surface area (Å²) in [6.07, 6.45) is 1.90. The van der Waals surface area contributed by atoms with Crippen molar-refractivity contribution in [3.8, 4) is 5.88 Å². The van der Waals surface area contributed by atoms with E-state index in [1.807, 2.05) is 19.2 Å². The van der Waals surface area contributed by atoms with Gasteiger partial charge < -0.3 is 15.0 Å². The summed E-state index contributed by atoms with van der Waals surface area (Å²) in [4.78, 5) is 6.76. The van der Waals surface area contributed by atoms with Crippen LogP contribution in [0.3, 0.4) is 0 Å². The van der Waals surface area contributed by atoms with Gasteiger partial charge in [0.05, 0.1) is 11.9 Å². The van der Waals surface area contributed by atoms with Crippen molar-refractivity contribution >= 4 is 18.3 Å². The third kappa shape index (κ3) is 2.42. The van der Waals surface area contributed by atoms with Crippen molar-refractivity contribution in [3.63, 3.8) is 0 Å². The first kappa shape index (κ1) is 12.1. The lowest BCUT2D eigenvalue weighted by Crippen LogP contribution is -2.25. The van der Waals surface area contributed by atoms with Crippen LogP contribution in [0.4, 0.5) is 5.69 Å². The molecule has 1 N–H and O–H groups in total. The van der Waals surface area contributed by atoms with Gasteiger partial charge >= 0.3 is 0 Å². The molecule has 2 aliphatic heterocycles. The summed E-state index contributed by atoms with van der Waals surface area (Å²) >= 11 is 4.19. The Morgan fingerprint density at radius 2 is 2.11 bits per heavy atom. The van der Waals surface area contributed by atoms with Crippen LogP contribution in [0.15, 0.2) is 18.3 Å². The van der Waals surface area contributed by atoms with Crippen LogP contribution < -0.4 is 15.0 Å². The number of aromatic nitrogens is 1. The number of pyridine rings is 1. The molecule has 3 atom stereocenters. The molecule has 18 heavy (non-hydrogen) atoms. The van der Waals surface area contributed by atoms with E-state index in [4.69, 9.17) is 4.74 Å². The number of nitrogens with zero attached hydrogens (tertiary/aromatic N) is 2. The highest BCUT2D eigenvalue weighted by molar-refractivity contribution is 7.80. The number of fused-ring (bicyclic) bond motifs is 1. The molecule has 4 nitrogen and oxygen atoms in total. The van der Waals surface area contributed by atoms with Crippen LogP contribution >= 0.6 is 12.6 Å². The monoisotopic (exact) mass is 265 g/mol. The molecule has 1 aromatic heterocycles. The van der Waals surface area contributed by atoms with E-state index in [0.717, 1.165) is 38.0 Å². The van der Waals surface area contributed by atoms with Crippen molar-refractivity contribution in [2.24, 2.45) is 11.8 Å². The number of hydrogen-bond donors (Lipinski definition) is 2. The topological polar surface area (TPSA) is 37.4 Å². The molecule has 3 heterocycles. The molecule has 1 aromatic rings. The van der Waals surface area contributed by atoms with E-state index in [1.165, 1.54) is 5.69 Å². The van der Waals surface area contributed by atoms with E-state index < -0.39 is 0 Å². The molecule has 0 spiro atoms. The third-order valence-electron chi connectivity index (χ3n) is 3.77. The molecular formula is C13H19N3OS. The molecule has 5 heteroatoms. The lowest BCUT2D eigenvalue weighted by atomic mass is 10.0. The van der Waals surface area contributed by atoms with Gasteiger partial charge in [-0.1, -0.05) is 0 Å². The maximum absolute atomic E-state index is 5.43. The zero-order valence-electron chi connectivity index (χ0n) is 10.5. The van der Waals surface area contributed by atoms with Gasteiger partial charge in [0.25, 0.3) is 0 Å². The SMILES string of the molecule is CC(S)Oc1ccc(N2CC3CNCC3C2)cn1. The lowest BCUT2D eigenvalue weighted by molar-refractivity contribution is 0.297. The van der Waals surface area contributed by atoms with E-state index in [-0.39, 0.29) is 5.44 Å². The highest BCUT2D eigenvalue weighted by Gasteiger charge is 2.36. The molecule has 0 saturated carbocycles. The predicted molar refractivity (Wildman–Crippen MR) is 75.4 cm³/mol. The molecule has 98 valence electrons. The summed E-state index contributed by atoms with van der Waals surface area (Å²) in [5.74, 6) is 2.25. The second kappa shape index (κ2) is 4.97. The largest absolute Gasteiger partial charge is 0.464 e. The standard InChI is InChI=1S/C13H19N3OS/c1-9(18)17-13-3-2-12(6-15-13)16-7-10-4-14-5-11(10)8-16/h2-3,6,9-11,14,18H,4-5,7-8H2,1H3. The Morgan fingerprint density at radius 1 is 1.39 bits per heavy atom. The minimum atomic E-state index is -0.124. The van der Waals surface area contributed by atoms with E-state index in [1.54, 1.807) is 0 Å². The van der Waals surface area contributed by atoms with Crippen LogP contribution in [0.2, 0.25) is 0 Å². The van der Waals surface area contributed by atoms with Gasteiger partial charge in [0.15, 0.2) is 0 Å². The van der Waals surface area contributed by atoms with Gasteiger partial charge in [-0.2, -0.15) is 0 Å². The average Bonchev–Trinajstić information content (AvgIpc) is 2.89. The summed E-state index contributed by atoms with van der Waals surface area (Å²) in [7, 11) is 0. The number of hydrogen-bond acceptors (Lipinski definition) is 5. The zero-order valence-corrected chi connectivity index (χ0v) is 11.4. The average molecular weight is 265 g/mol. The Kier molecular flexibility index (Phi) is 3.35. The van der Waals surface area contributed by atoms with E-state index in [2.05, 4.69) is 33.9 Å². The molecule has 0 radical (unpaired) electrons. The zero-order chi connectivity index (χ0) is 12.5. The number of anilines is 1. The van der Waals surface area contributed by atoms with Crippen LogP contribution in [0.5, 0.6) is 5.88 Å². The van der Waals surface area contributed by atoms with Crippen LogP contribution in [0.25, 0.3) is 0 Å². The minimum absolute atomic E-state index is 0.124. The molecule has 2 aliphatic rings. The fraction of sp³-hybridized carbons (Fsp3) is 0.615. The normalized spacial score (nSPS) is 28.2. The smallest absolute Gasteiger partial charge is 0.214 e. The van der Waals surface area contributed by atoms with Crippen LogP contribution in [0, 0.1) is 11.8 Å². The second-order valence-electron chi connectivity index (χ2n) is 5.16. The summed E-state index contributed by atoms with van der Waals surface area (Å²) < 4.78 is 5.43.